The van der Waals surface area contributed by atoms with Crippen LogP contribution in [0.3, 0.4) is 0 Å². The maximum Gasteiger partial charge on any atom is 0.0160 e. The molecule has 58 valence electrons. The molecule has 0 spiro atoms. The molecule has 0 aromatic rings. The van der Waals surface area contributed by atoms with Gasteiger partial charge >= 0.3 is 0 Å². The predicted molar refractivity (Wildman–Crippen MR) is 43.8 cm³/mol. The van der Waals surface area contributed by atoms with Crippen LogP contribution in [0.1, 0.15) is 6.42 Å². The molecule has 1 aliphatic rings. The van der Waals surface area contributed by atoms with Gasteiger partial charge in [0.25, 0.3) is 0 Å². The van der Waals surface area contributed by atoms with E-state index in [2.05, 4.69) is 11.5 Å². The molecule has 0 unspecified atom stereocenters. The fourth-order valence-corrected chi connectivity index (χ4v) is 1.45. The molecule has 0 radical (unpaired) electrons. The zero-order valence-corrected chi connectivity index (χ0v) is 6.42. The van der Waals surface area contributed by atoms with Crippen LogP contribution in [0.4, 0.5) is 0 Å². The van der Waals surface area contributed by atoms with Crippen molar-refractivity contribution in [3.8, 4) is 0 Å². The molecule has 2 N–H and O–H groups in total. The number of likely N-dealkylation sites (tertiary alicyclic amines) is 1. The summed E-state index contributed by atoms with van der Waals surface area (Å²) in [5, 5.41) is 0. The van der Waals surface area contributed by atoms with Gasteiger partial charge in [-0.15, -0.1) is 6.58 Å². The van der Waals surface area contributed by atoms with Gasteiger partial charge in [0.1, 0.15) is 0 Å². The van der Waals surface area contributed by atoms with Crippen molar-refractivity contribution in [1.29, 1.82) is 0 Å². The van der Waals surface area contributed by atoms with Crippen molar-refractivity contribution in [2.45, 2.75) is 6.42 Å². The Morgan fingerprint density at radius 3 is 3.00 bits per heavy atom. The van der Waals surface area contributed by atoms with Gasteiger partial charge in [0.05, 0.1) is 0 Å². The van der Waals surface area contributed by atoms with E-state index in [1.165, 1.54) is 19.5 Å². The van der Waals surface area contributed by atoms with Gasteiger partial charge in [-0.05, 0) is 25.4 Å². The Labute approximate surface area is 62.7 Å². The molecule has 1 atom stereocenters. The predicted octanol–water partition coefficient (Wildman–Crippen LogP) is 0.453. The van der Waals surface area contributed by atoms with E-state index in [4.69, 9.17) is 5.73 Å². The topological polar surface area (TPSA) is 29.3 Å². The molecule has 0 aromatic heterocycles. The number of nitrogens with zero attached hydrogens (tertiary/aromatic N) is 1. The van der Waals surface area contributed by atoms with Crippen molar-refractivity contribution in [3.63, 3.8) is 0 Å². The van der Waals surface area contributed by atoms with Crippen LogP contribution in [-0.2, 0) is 0 Å². The fraction of sp³-hybridized carbons (Fsp3) is 0.750. The van der Waals surface area contributed by atoms with Crippen molar-refractivity contribution in [2.24, 2.45) is 11.7 Å². The average molecular weight is 140 g/mol. The van der Waals surface area contributed by atoms with Crippen molar-refractivity contribution in [1.82, 2.24) is 4.90 Å². The standard InChI is InChI=1S/C8H16N2/c1-2-4-10-5-3-8(6-9)7-10/h2,8H,1,3-7,9H2/t8-/m1/s1. The highest BCUT2D eigenvalue weighted by Crippen LogP contribution is 2.13. The Morgan fingerprint density at radius 2 is 2.50 bits per heavy atom. The zero-order chi connectivity index (χ0) is 7.40. The molecule has 0 bridgehead atoms. The minimum atomic E-state index is 0.736. The third-order valence-corrected chi connectivity index (χ3v) is 2.09. The molecule has 1 fully saturated rings. The van der Waals surface area contributed by atoms with E-state index in [1.54, 1.807) is 0 Å². The third-order valence-electron chi connectivity index (χ3n) is 2.09. The Hall–Kier alpha value is -0.340. The summed E-state index contributed by atoms with van der Waals surface area (Å²) in [5.41, 5.74) is 5.54. The molecular weight excluding hydrogens is 124 g/mol. The lowest BCUT2D eigenvalue weighted by atomic mass is 10.1. The van der Waals surface area contributed by atoms with Gasteiger partial charge in [-0.2, -0.15) is 0 Å². The van der Waals surface area contributed by atoms with E-state index in [-0.39, 0.29) is 0 Å². The summed E-state index contributed by atoms with van der Waals surface area (Å²) in [6.45, 7) is 7.94. The highest BCUT2D eigenvalue weighted by atomic mass is 15.1. The Balaban J connectivity index is 2.21. The molecule has 10 heavy (non-hydrogen) atoms. The average Bonchev–Trinajstić information content (AvgIpc) is 2.37. The first kappa shape index (κ1) is 7.76. The quantitative estimate of drug-likeness (QED) is 0.577. The maximum atomic E-state index is 5.54. The number of hydrogen-bond donors (Lipinski definition) is 1. The lowest BCUT2D eigenvalue weighted by Gasteiger charge is -2.11. The molecule has 1 rings (SSSR count). The summed E-state index contributed by atoms with van der Waals surface area (Å²) < 4.78 is 0. The highest BCUT2D eigenvalue weighted by molar-refractivity contribution is 4.81. The molecule has 2 nitrogen and oxygen atoms in total. The van der Waals surface area contributed by atoms with Crippen LogP contribution in [0, 0.1) is 5.92 Å². The van der Waals surface area contributed by atoms with Gasteiger partial charge in [-0.3, -0.25) is 4.90 Å². The molecule has 0 aromatic carbocycles. The van der Waals surface area contributed by atoms with E-state index < -0.39 is 0 Å². The number of rotatable bonds is 3. The van der Waals surface area contributed by atoms with Gasteiger partial charge in [-0.25, -0.2) is 0 Å². The summed E-state index contributed by atoms with van der Waals surface area (Å²) in [6.07, 6.45) is 3.23. The minimum Gasteiger partial charge on any atom is -0.330 e. The van der Waals surface area contributed by atoms with E-state index >= 15 is 0 Å². The fourth-order valence-electron chi connectivity index (χ4n) is 1.45. The first-order valence-corrected chi connectivity index (χ1v) is 3.90. The lowest BCUT2D eigenvalue weighted by Crippen LogP contribution is -2.22. The van der Waals surface area contributed by atoms with Crippen molar-refractivity contribution >= 4 is 0 Å². The largest absolute Gasteiger partial charge is 0.330 e. The van der Waals surface area contributed by atoms with Gasteiger partial charge in [0.2, 0.25) is 0 Å². The summed E-state index contributed by atoms with van der Waals surface area (Å²) >= 11 is 0. The normalized spacial score (nSPS) is 27.1. The second kappa shape index (κ2) is 3.74. The van der Waals surface area contributed by atoms with Gasteiger partial charge in [0.15, 0.2) is 0 Å². The highest BCUT2D eigenvalue weighted by Gasteiger charge is 2.19. The summed E-state index contributed by atoms with van der Waals surface area (Å²) in [6, 6.07) is 0. The van der Waals surface area contributed by atoms with Gasteiger partial charge < -0.3 is 5.73 Å². The Bertz CT molecular complexity index is 112. The summed E-state index contributed by atoms with van der Waals surface area (Å²) in [5.74, 6) is 0.736. The minimum absolute atomic E-state index is 0.736. The van der Waals surface area contributed by atoms with Gasteiger partial charge in [-0.1, -0.05) is 6.08 Å². The van der Waals surface area contributed by atoms with Crippen molar-refractivity contribution in [3.05, 3.63) is 12.7 Å². The van der Waals surface area contributed by atoms with E-state index in [1.807, 2.05) is 6.08 Å². The van der Waals surface area contributed by atoms with Gasteiger partial charge in [0, 0.05) is 13.1 Å². The van der Waals surface area contributed by atoms with E-state index in [0.29, 0.717) is 0 Å². The van der Waals surface area contributed by atoms with Crippen LogP contribution in [-0.4, -0.2) is 31.1 Å². The maximum absolute atomic E-state index is 5.54. The molecule has 1 saturated heterocycles. The first-order chi connectivity index (χ1) is 4.86. The third kappa shape index (κ3) is 1.82. The SMILES string of the molecule is C=CCN1CC[C@H](CN)C1. The Morgan fingerprint density at radius 1 is 1.70 bits per heavy atom. The van der Waals surface area contributed by atoms with Crippen molar-refractivity contribution < 1.29 is 0 Å². The van der Waals surface area contributed by atoms with Crippen LogP contribution in [0.15, 0.2) is 12.7 Å². The smallest absolute Gasteiger partial charge is 0.0160 e. The summed E-state index contributed by atoms with van der Waals surface area (Å²) in [4.78, 5) is 2.39. The molecule has 0 aliphatic carbocycles. The molecule has 2 heteroatoms. The lowest BCUT2D eigenvalue weighted by molar-refractivity contribution is 0.360. The summed E-state index contributed by atoms with van der Waals surface area (Å²) in [7, 11) is 0. The second-order valence-corrected chi connectivity index (χ2v) is 2.94. The molecule has 1 heterocycles. The van der Waals surface area contributed by atoms with E-state index in [9.17, 15) is 0 Å². The monoisotopic (exact) mass is 140 g/mol. The molecule has 1 aliphatic heterocycles. The number of hydrogen-bond acceptors (Lipinski definition) is 2. The molecule has 0 amide bonds. The van der Waals surface area contributed by atoms with Crippen molar-refractivity contribution in [2.75, 3.05) is 26.2 Å². The molecule has 0 saturated carbocycles. The molecular formula is C8H16N2. The second-order valence-electron chi connectivity index (χ2n) is 2.94. The number of nitrogens with two attached hydrogens (primary N) is 1. The van der Waals surface area contributed by atoms with Crippen LogP contribution in [0.5, 0.6) is 0 Å². The van der Waals surface area contributed by atoms with Crippen LogP contribution in [0.2, 0.25) is 0 Å². The van der Waals surface area contributed by atoms with E-state index in [0.717, 1.165) is 19.0 Å². The Kier molecular flexibility index (Phi) is 2.90. The first-order valence-electron chi connectivity index (χ1n) is 3.90. The van der Waals surface area contributed by atoms with Crippen LogP contribution >= 0.6 is 0 Å². The van der Waals surface area contributed by atoms with Crippen LogP contribution < -0.4 is 5.73 Å². The zero-order valence-electron chi connectivity index (χ0n) is 6.42. The van der Waals surface area contributed by atoms with Crippen LogP contribution in [0.25, 0.3) is 0 Å².